The van der Waals surface area contributed by atoms with E-state index < -0.39 is 0 Å². The Hall–Kier alpha value is -0.780. The third kappa shape index (κ3) is 2.73. The Bertz CT molecular complexity index is 397. The summed E-state index contributed by atoms with van der Waals surface area (Å²) in [6.45, 7) is 5.18. The van der Waals surface area contributed by atoms with Crippen molar-refractivity contribution in [3.05, 3.63) is 15.6 Å². The molecule has 5 heteroatoms. The molecule has 4 nitrogen and oxygen atoms in total. The Balaban J connectivity index is 2.01. The second-order valence-corrected chi connectivity index (χ2v) is 5.72. The van der Waals surface area contributed by atoms with Crippen molar-refractivity contribution in [2.45, 2.75) is 26.3 Å². The van der Waals surface area contributed by atoms with Gasteiger partial charge in [-0.25, -0.2) is 4.98 Å². The molecule has 2 rings (SSSR count). The number of ketones is 1. The van der Waals surface area contributed by atoms with E-state index >= 15 is 0 Å². The molecule has 94 valence electrons. The Kier molecular flexibility index (Phi) is 3.91. The number of nitrogens with one attached hydrogen (secondary N) is 1. The second kappa shape index (κ2) is 5.25. The van der Waals surface area contributed by atoms with Gasteiger partial charge in [-0.3, -0.25) is 4.79 Å². The summed E-state index contributed by atoms with van der Waals surface area (Å²) in [6, 6.07) is 0.157. The quantitative estimate of drug-likeness (QED) is 0.874. The van der Waals surface area contributed by atoms with Crippen molar-refractivity contribution < 1.29 is 9.53 Å². The van der Waals surface area contributed by atoms with Gasteiger partial charge in [0.05, 0.1) is 31.2 Å². The maximum absolute atomic E-state index is 12.2. The molecule has 1 aliphatic rings. The molecule has 0 spiro atoms. The van der Waals surface area contributed by atoms with E-state index in [1.54, 1.807) is 11.3 Å². The zero-order chi connectivity index (χ0) is 12.4. The zero-order valence-electron chi connectivity index (χ0n) is 10.4. The number of likely N-dealkylation sites (N-methyl/N-ethyl adjacent to an activating group) is 1. The molecule has 2 unspecified atom stereocenters. The number of ether oxygens (including phenoxy) is 1. The van der Waals surface area contributed by atoms with Crippen molar-refractivity contribution >= 4 is 17.1 Å². The van der Waals surface area contributed by atoms with Crippen LogP contribution in [0.4, 0.5) is 0 Å². The highest BCUT2D eigenvalue weighted by Crippen LogP contribution is 2.21. The van der Waals surface area contributed by atoms with Crippen LogP contribution in [0.5, 0.6) is 0 Å². The summed E-state index contributed by atoms with van der Waals surface area (Å²) in [4.78, 5) is 17.8. The normalized spacial score (nSPS) is 24.2. The number of hydrogen-bond acceptors (Lipinski definition) is 5. The lowest BCUT2D eigenvalue weighted by Gasteiger charge is -2.14. The number of nitrogens with zero attached hydrogens (tertiary/aromatic N) is 1. The van der Waals surface area contributed by atoms with Gasteiger partial charge in [0.1, 0.15) is 10.8 Å². The topological polar surface area (TPSA) is 51.2 Å². The van der Waals surface area contributed by atoms with Gasteiger partial charge in [-0.2, -0.15) is 0 Å². The summed E-state index contributed by atoms with van der Waals surface area (Å²) in [5.74, 6) is 0.208. The lowest BCUT2D eigenvalue weighted by atomic mass is 9.97. The maximum Gasteiger partial charge on any atom is 0.146 e. The Morgan fingerprint density at radius 2 is 2.29 bits per heavy atom. The van der Waals surface area contributed by atoms with Crippen LogP contribution in [-0.2, 0) is 16.0 Å². The van der Waals surface area contributed by atoms with Gasteiger partial charge in [-0.15, -0.1) is 11.3 Å². The predicted molar refractivity (Wildman–Crippen MR) is 67.5 cm³/mol. The molecule has 0 aliphatic carbocycles. The number of hydrogen-bond donors (Lipinski definition) is 1. The van der Waals surface area contributed by atoms with Crippen LogP contribution in [0.2, 0.25) is 0 Å². The Labute approximate surface area is 105 Å². The highest BCUT2D eigenvalue weighted by molar-refractivity contribution is 7.11. The summed E-state index contributed by atoms with van der Waals surface area (Å²) in [5.41, 5.74) is 1.03. The first kappa shape index (κ1) is 12.7. The van der Waals surface area contributed by atoms with Crippen LogP contribution in [0.1, 0.15) is 15.6 Å². The SMILES string of the molecule is CNC1COCC1C(=O)Cc1nc(C)c(C)s1. The van der Waals surface area contributed by atoms with Gasteiger partial charge in [-0.05, 0) is 20.9 Å². The molecule has 1 aromatic heterocycles. The zero-order valence-corrected chi connectivity index (χ0v) is 11.3. The molecular formula is C12H18N2O2S. The molecule has 0 bridgehead atoms. The smallest absolute Gasteiger partial charge is 0.146 e. The van der Waals surface area contributed by atoms with Crippen molar-refractivity contribution in [2.24, 2.45) is 5.92 Å². The fraction of sp³-hybridized carbons (Fsp3) is 0.667. The van der Waals surface area contributed by atoms with Crippen molar-refractivity contribution in [3.63, 3.8) is 0 Å². The molecule has 0 amide bonds. The molecular weight excluding hydrogens is 236 g/mol. The predicted octanol–water partition coefficient (Wildman–Crippen LogP) is 1.11. The minimum atomic E-state index is -0.0236. The van der Waals surface area contributed by atoms with Gasteiger partial charge in [0.2, 0.25) is 0 Å². The van der Waals surface area contributed by atoms with E-state index in [0.29, 0.717) is 19.6 Å². The van der Waals surface area contributed by atoms with E-state index in [1.165, 1.54) is 4.88 Å². The minimum absolute atomic E-state index is 0.0236. The van der Waals surface area contributed by atoms with Gasteiger partial charge >= 0.3 is 0 Å². The first-order valence-corrected chi connectivity index (χ1v) is 6.64. The number of thiazole rings is 1. The number of carbonyl (C=O) groups is 1. The van der Waals surface area contributed by atoms with Crippen LogP contribution in [0.15, 0.2) is 0 Å². The first-order chi connectivity index (χ1) is 8.11. The molecule has 0 aromatic carbocycles. The molecule has 2 heterocycles. The average Bonchev–Trinajstić information content (AvgIpc) is 2.86. The van der Waals surface area contributed by atoms with Crippen LogP contribution in [0.25, 0.3) is 0 Å². The lowest BCUT2D eigenvalue weighted by Crippen LogP contribution is -2.37. The Morgan fingerprint density at radius 1 is 1.53 bits per heavy atom. The van der Waals surface area contributed by atoms with Gasteiger partial charge in [-0.1, -0.05) is 0 Å². The number of Topliss-reactive ketones (excluding diaryl/α,β-unsaturated/α-hetero) is 1. The third-order valence-electron chi connectivity index (χ3n) is 3.26. The van der Waals surface area contributed by atoms with Crippen molar-refractivity contribution in [1.82, 2.24) is 10.3 Å². The third-order valence-corrected chi connectivity index (χ3v) is 4.34. The van der Waals surface area contributed by atoms with Crippen molar-refractivity contribution in [1.29, 1.82) is 0 Å². The number of rotatable bonds is 4. The standard InChI is InChI=1S/C12H18N2O2S/c1-7-8(2)17-12(14-7)4-11(15)9-5-16-6-10(9)13-3/h9-10,13H,4-6H2,1-3H3. The van der Waals surface area contributed by atoms with E-state index in [4.69, 9.17) is 4.74 Å². The van der Waals surface area contributed by atoms with E-state index in [-0.39, 0.29) is 17.7 Å². The molecule has 1 aliphatic heterocycles. The molecule has 1 fully saturated rings. The summed E-state index contributed by atoms with van der Waals surface area (Å²) < 4.78 is 5.35. The van der Waals surface area contributed by atoms with E-state index in [1.807, 2.05) is 20.9 Å². The largest absolute Gasteiger partial charge is 0.379 e. The van der Waals surface area contributed by atoms with Gasteiger partial charge in [0.25, 0.3) is 0 Å². The van der Waals surface area contributed by atoms with E-state index in [0.717, 1.165) is 10.7 Å². The van der Waals surface area contributed by atoms with Gasteiger partial charge in [0, 0.05) is 10.9 Å². The summed E-state index contributed by atoms with van der Waals surface area (Å²) in [7, 11) is 1.87. The monoisotopic (exact) mass is 254 g/mol. The highest BCUT2D eigenvalue weighted by Gasteiger charge is 2.32. The van der Waals surface area contributed by atoms with E-state index in [2.05, 4.69) is 10.3 Å². The highest BCUT2D eigenvalue weighted by atomic mass is 32.1. The number of aryl methyl sites for hydroxylation is 2. The number of carbonyl (C=O) groups excluding carboxylic acids is 1. The second-order valence-electron chi connectivity index (χ2n) is 4.43. The molecule has 1 aromatic rings. The lowest BCUT2D eigenvalue weighted by molar-refractivity contribution is -0.122. The maximum atomic E-state index is 12.2. The Morgan fingerprint density at radius 3 is 2.88 bits per heavy atom. The summed E-state index contributed by atoms with van der Waals surface area (Å²) in [5, 5.41) is 4.06. The molecule has 1 saturated heterocycles. The number of aromatic nitrogens is 1. The van der Waals surface area contributed by atoms with Crippen molar-refractivity contribution in [2.75, 3.05) is 20.3 Å². The molecule has 0 saturated carbocycles. The van der Waals surface area contributed by atoms with Crippen LogP contribution in [0.3, 0.4) is 0 Å². The van der Waals surface area contributed by atoms with Crippen LogP contribution >= 0.6 is 11.3 Å². The van der Waals surface area contributed by atoms with Crippen LogP contribution in [-0.4, -0.2) is 37.1 Å². The fourth-order valence-electron chi connectivity index (χ4n) is 2.05. The van der Waals surface area contributed by atoms with Crippen LogP contribution < -0.4 is 5.32 Å². The molecule has 0 radical (unpaired) electrons. The average molecular weight is 254 g/mol. The minimum Gasteiger partial charge on any atom is -0.379 e. The van der Waals surface area contributed by atoms with Crippen molar-refractivity contribution in [3.8, 4) is 0 Å². The van der Waals surface area contributed by atoms with Crippen LogP contribution in [0, 0.1) is 19.8 Å². The molecule has 17 heavy (non-hydrogen) atoms. The van der Waals surface area contributed by atoms with Gasteiger partial charge < -0.3 is 10.1 Å². The summed E-state index contributed by atoms with van der Waals surface area (Å²) in [6.07, 6.45) is 0.436. The van der Waals surface area contributed by atoms with E-state index in [9.17, 15) is 4.79 Å². The van der Waals surface area contributed by atoms with Gasteiger partial charge in [0.15, 0.2) is 0 Å². The fourth-order valence-corrected chi connectivity index (χ4v) is 2.99. The summed E-state index contributed by atoms with van der Waals surface area (Å²) >= 11 is 1.62. The first-order valence-electron chi connectivity index (χ1n) is 5.82. The molecule has 1 N–H and O–H groups in total. The molecule has 2 atom stereocenters.